The summed E-state index contributed by atoms with van der Waals surface area (Å²) >= 11 is 0. The molecule has 20 heavy (non-hydrogen) atoms. The van der Waals surface area contributed by atoms with Gasteiger partial charge in [-0.3, -0.25) is 0 Å². The van der Waals surface area contributed by atoms with E-state index in [1.165, 1.54) is 0 Å². The van der Waals surface area contributed by atoms with Crippen LogP contribution in [0.3, 0.4) is 0 Å². The normalized spacial score (nSPS) is 16.0. The Kier molecular flexibility index (Phi) is 4.89. The third-order valence-corrected chi connectivity index (χ3v) is 3.91. The lowest BCUT2D eigenvalue weighted by atomic mass is 9.94. The Labute approximate surface area is 121 Å². The third-order valence-electron chi connectivity index (χ3n) is 3.91. The first kappa shape index (κ1) is 15.1. The highest BCUT2D eigenvalue weighted by Crippen LogP contribution is 2.38. The molecule has 0 fully saturated rings. The Morgan fingerprint density at radius 1 is 1.30 bits per heavy atom. The van der Waals surface area contributed by atoms with Crippen molar-refractivity contribution in [3.05, 3.63) is 23.8 Å². The van der Waals surface area contributed by atoms with E-state index < -0.39 is 0 Å². The van der Waals surface area contributed by atoms with Gasteiger partial charge in [0.2, 0.25) is 0 Å². The molecule has 1 aromatic rings. The lowest BCUT2D eigenvalue weighted by Gasteiger charge is -2.28. The number of fused-ring (bicyclic) bond motifs is 1. The van der Waals surface area contributed by atoms with E-state index in [0.717, 1.165) is 29.9 Å². The number of para-hydroxylation sites is 1. The van der Waals surface area contributed by atoms with E-state index in [1.807, 2.05) is 19.2 Å². The molecular weight excluding hydrogens is 254 g/mol. The molecule has 0 radical (unpaired) electrons. The second-order valence-corrected chi connectivity index (χ2v) is 5.72. The number of ether oxygens (including phenoxy) is 3. The average Bonchev–Trinajstić information content (AvgIpc) is 2.48. The number of rotatable bonds is 6. The summed E-state index contributed by atoms with van der Waals surface area (Å²) in [5.74, 6) is 1.73. The molecule has 1 aromatic carbocycles. The monoisotopic (exact) mass is 279 g/mol. The van der Waals surface area contributed by atoms with Gasteiger partial charge in [-0.2, -0.15) is 0 Å². The number of hydrogen-bond acceptors (Lipinski definition) is 4. The SMILES string of the molecule is CNC(CCC(C)(C)OC)c1cccc2c1OCCO2. The van der Waals surface area contributed by atoms with Gasteiger partial charge < -0.3 is 19.5 Å². The molecule has 2 rings (SSSR count). The zero-order valence-electron chi connectivity index (χ0n) is 12.9. The van der Waals surface area contributed by atoms with Gasteiger partial charge in [0.15, 0.2) is 11.5 Å². The summed E-state index contributed by atoms with van der Waals surface area (Å²) < 4.78 is 16.9. The van der Waals surface area contributed by atoms with E-state index in [0.29, 0.717) is 13.2 Å². The van der Waals surface area contributed by atoms with Crippen molar-refractivity contribution in [2.75, 3.05) is 27.4 Å². The van der Waals surface area contributed by atoms with Crippen LogP contribution in [-0.4, -0.2) is 33.0 Å². The first-order valence-electron chi connectivity index (χ1n) is 7.18. The summed E-state index contributed by atoms with van der Waals surface area (Å²) in [5, 5.41) is 3.37. The summed E-state index contributed by atoms with van der Waals surface area (Å²) in [6.45, 7) is 5.46. The second-order valence-electron chi connectivity index (χ2n) is 5.72. The van der Waals surface area contributed by atoms with E-state index in [-0.39, 0.29) is 11.6 Å². The van der Waals surface area contributed by atoms with Crippen LogP contribution < -0.4 is 14.8 Å². The maximum atomic E-state index is 5.80. The molecule has 0 aliphatic carbocycles. The standard InChI is InChI=1S/C16H25NO3/c1-16(2,18-4)9-8-13(17-3)12-6-5-7-14-15(12)20-11-10-19-14/h5-7,13,17H,8-11H2,1-4H3. The Balaban J connectivity index is 2.15. The molecule has 1 aliphatic rings. The molecule has 0 amide bonds. The van der Waals surface area contributed by atoms with E-state index in [4.69, 9.17) is 14.2 Å². The highest BCUT2D eigenvalue weighted by molar-refractivity contribution is 5.48. The Morgan fingerprint density at radius 3 is 2.75 bits per heavy atom. The molecular formula is C16H25NO3. The van der Waals surface area contributed by atoms with Gasteiger partial charge in [-0.1, -0.05) is 12.1 Å². The van der Waals surface area contributed by atoms with Crippen molar-refractivity contribution in [1.29, 1.82) is 0 Å². The van der Waals surface area contributed by atoms with Crippen molar-refractivity contribution >= 4 is 0 Å². The van der Waals surface area contributed by atoms with Crippen LogP contribution in [0.5, 0.6) is 11.5 Å². The summed E-state index contributed by atoms with van der Waals surface area (Å²) in [6, 6.07) is 6.33. The lowest BCUT2D eigenvalue weighted by molar-refractivity contribution is 0.0117. The molecule has 0 aromatic heterocycles. The fourth-order valence-corrected chi connectivity index (χ4v) is 2.42. The Hall–Kier alpha value is -1.26. The molecule has 4 nitrogen and oxygen atoms in total. The molecule has 1 aliphatic heterocycles. The van der Waals surface area contributed by atoms with Crippen molar-refractivity contribution in [3.8, 4) is 11.5 Å². The van der Waals surface area contributed by atoms with Crippen LogP contribution in [0, 0.1) is 0 Å². The number of nitrogens with one attached hydrogen (secondary N) is 1. The zero-order valence-corrected chi connectivity index (χ0v) is 12.9. The molecule has 1 N–H and O–H groups in total. The number of hydrogen-bond donors (Lipinski definition) is 1. The predicted molar refractivity (Wildman–Crippen MR) is 79.6 cm³/mol. The maximum absolute atomic E-state index is 5.80. The number of methoxy groups -OCH3 is 1. The molecule has 0 bridgehead atoms. The van der Waals surface area contributed by atoms with Gasteiger partial charge in [0.25, 0.3) is 0 Å². The molecule has 4 heteroatoms. The van der Waals surface area contributed by atoms with Crippen LogP contribution in [0.4, 0.5) is 0 Å². The second kappa shape index (κ2) is 6.46. The van der Waals surface area contributed by atoms with Gasteiger partial charge in [0.1, 0.15) is 13.2 Å². The summed E-state index contributed by atoms with van der Waals surface area (Å²) in [4.78, 5) is 0. The number of benzene rings is 1. The van der Waals surface area contributed by atoms with Crippen LogP contribution >= 0.6 is 0 Å². The quantitative estimate of drug-likeness (QED) is 0.869. The fourth-order valence-electron chi connectivity index (χ4n) is 2.42. The molecule has 112 valence electrons. The van der Waals surface area contributed by atoms with Crippen molar-refractivity contribution in [1.82, 2.24) is 5.32 Å². The Morgan fingerprint density at radius 2 is 2.05 bits per heavy atom. The predicted octanol–water partition coefficient (Wildman–Crippen LogP) is 2.92. The highest BCUT2D eigenvalue weighted by Gasteiger charge is 2.24. The lowest BCUT2D eigenvalue weighted by Crippen LogP contribution is -2.27. The zero-order chi connectivity index (χ0) is 14.6. The Bertz CT molecular complexity index is 445. The van der Waals surface area contributed by atoms with E-state index in [2.05, 4.69) is 25.2 Å². The third kappa shape index (κ3) is 3.44. The molecule has 1 unspecified atom stereocenters. The molecule has 1 atom stereocenters. The molecule has 1 heterocycles. The topological polar surface area (TPSA) is 39.7 Å². The van der Waals surface area contributed by atoms with E-state index in [1.54, 1.807) is 7.11 Å². The molecule has 0 saturated heterocycles. The fraction of sp³-hybridized carbons (Fsp3) is 0.625. The van der Waals surface area contributed by atoms with Crippen molar-refractivity contribution in [2.24, 2.45) is 0 Å². The molecule has 0 saturated carbocycles. The van der Waals surface area contributed by atoms with Gasteiger partial charge in [-0.05, 0) is 39.8 Å². The van der Waals surface area contributed by atoms with Crippen LogP contribution in [0.2, 0.25) is 0 Å². The summed E-state index contributed by atoms with van der Waals surface area (Å²) in [6.07, 6.45) is 1.96. The smallest absolute Gasteiger partial charge is 0.166 e. The van der Waals surface area contributed by atoms with E-state index >= 15 is 0 Å². The largest absolute Gasteiger partial charge is 0.486 e. The minimum absolute atomic E-state index is 0.110. The van der Waals surface area contributed by atoms with Crippen molar-refractivity contribution in [2.45, 2.75) is 38.3 Å². The summed E-state index contributed by atoms with van der Waals surface area (Å²) in [5.41, 5.74) is 1.05. The minimum atomic E-state index is -0.110. The maximum Gasteiger partial charge on any atom is 0.166 e. The molecule has 0 spiro atoms. The van der Waals surface area contributed by atoms with Gasteiger partial charge in [-0.25, -0.2) is 0 Å². The highest BCUT2D eigenvalue weighted by atomic mass is 16.6. The van der Waals surface area contributed by atoms with E-state index in [9.17, 15) is 0 Å². The minimum Gasteiger partial charge on any atom is -0.486 e. The van der Waals surface area contributed by atoms with Gasteiger partial charge in [-0.15, -0.1) is 0 Å². The van der Waals surface area contributed by atoms with Gasteiger partial charge >= 0.3 is 0 Å². The van der Waals surface area contributed by atoms with Crippen LogP contribution in [0.15, 0.2) is 18.2 Å². The van der Waals surface area contributed by atoms with Crippen LogP contribution in [0.1, 0.15) is 38.3 Å². The summed E-state index contributed by atoms with van der Waals surface area (Å²) in [7, 11) is 3.74. The van der Waals surface area contributed by atoms with Crippen LogP contribution in [0.25, 0.3) is 0 Å². The first-order valence-corrected chi connectivity index (χ1v) is 7.18. The first-order chi connectivity index (χ1) is 9.57. The van der Waals surface area contributed by atoms with Crippen LogP contribution in [-0.2, 0) is 4.74 Å². The van der Waals surface area contributed by atoms with Gasteiger partial charge in [0, 0.05) is 18.7 Å². The van der Waals surface area contributed by atoms with Crippen molar-refractivity contribution in [3.63, 3.8) is 0 Å². The van der Waals surface area contributed by atoms with Gasteiger partial charge in [0.05, 0.1) is 5.60 Å². The van der Waals surface area contributed by atoms with Crippen molar-refractivity contribution < 1.29 is 14.2 Å². The average molecular weight is 279 g/mol.